The number of allylic oxidation sites excluding steroid dienone is 2. The number of hydrogen-bond acceptors (Lipinski definition) is 2. The first-order chi connectivity index (χ1) is 15.1. The molecule has 0 N–H and O–H groups in total. The highest BCUT2D eigenvalue weighted by atomic mass is 16.4. The molecule has 0 atom stereocenters. The second-order valence-electron chi connectivity index (χ2n) is 10.1. The summed E-state index contributed by atoms with van der Waals surface area (Å²) >= 11 is 0. The molecule has 32 heavy (non-hydrogen) atoms. The fourth-order valence-electron chi connectivity index (χ4n) is 6.44. The lowest BCUT2D eigenvalue weighted by Gasteiger charge is -2.41. The van der Waals surface area contributed by atoms with Crippen LogP contribution in [0.1, 0.15) is 91.5 Å². The molecule has 0 spiro atoms. The van der Waals surface area contributed by atoms with Crippen molar-refractivity contribution >= 4 is 27.3 Å². The maximum absolute atomic E-state index is 13.7. The molecule has 0 saturated carbocycles. The van der Waals surface area contributed by atoms with Crippen LogP contribution in [0.2, 0.25) is 0 Å². The van der Waals surface area contributed by atoms with Gasteiger partial charge in [-0.05, 0) is 130 Å². The molecule has 170 valence electrons. The van der Waals surface area contributed by atoms with Gasteiger partial charge in [0.1, 0.15) is 5.58 Å². The normalized spacial score (nSPS) is 15.7. The predicted molar refractivity (Wildman–Crippen MR) is 138 cm³/mol. The van der Waals surface area contributed by atoms with Gasteiger partial charge in [0.05, 0.1) is 5.39 Å². The van der Waals surface area contributed by atoms with Crippen LogP contribution in [0, 0.1) is 47.0 Å². The number of rotatable bonds is 3. The zero-order valence-electron chi connectivity index (χ0n) is 21.6. The smallest absolute Gasteiger partial charge is 0.344 e. The van der Waals surface area contributed by atoms with Gasteiger partial charge >= 0.3 is 5.63 Å². The molecule has 2 aromatic carbocycles. The van der Waals surface area contributed by atoms with Crippen LogP contribution >= 0.6 is 0 Å². The van der Waals surface area contributed by atoms with Crippen molar-refractivity contribution in [3.8, 4) is 0 Å². The van der Waals surface area contributed by atoms with E-state index in [4.69, 9.17) is 4.42 Å². The summed E-state index contributed by atoms with van der Waals surface area (Å²) < 4.78 is 6.14. The van der Waals surface area contributed by atoms with Gasteiger partial charge in [0.25, 0.3) is 0 Å². The molecule has 3 aromatic rings. The average Bonchev–Trinajstić information content (AvgIpc) is 2.79. The van der Waals surface area contributed by atoms with E-state index in [0.29, 0.717) is 0 Å². The standard InChI is InChI=1S/C30H38O2/c1-11-22-21(10)30(12-2,13-3)14-23-17(6)19(8)24-25-18(7)15(4)16(5)20(9)28(25)32-29(31)27(24)26(22)23/h11-14H2,1-10H3. The first-order valence-electron chi connectivity index (χ1n) is 12.3. The number of fused-ring (bicyclic) bond motifs is 5. The van der Waals surface area contributed by atoms with Crippen LogP contribution in [0.5, 0.6) is 0 Å². The summed E-state index contributed by atoms with van der Waals surface area (Å²) in [5.41, 5.74) is 13.5. The zero-order valence-corrected chi connectivity index (χ0v) is 21.6. The molecule has 0 aliphatic heterocycles. The van der Waals surface area contributed by atoms with Crippen LogP contribution < -0.4 is 5.63 Å². The van der Waals surface area contributed by atoms with Gasteiger partial charge in [0.15, 0.2) is 0 Å². The first kappa shape index (κ1) is 22.8. The third kappa shape index (κ3) is 2.74. The molecule has 0 unspecified atom stereocenters. The second-order valence-corrected chi connectivity index (χ2v) is 10.1. The highest BCUT2D eigenvalue weighted by molar-refractivity contribution is 6.13. The molecule has 0 amide bonds. The van der Waals surface area contributed by atoms with Gasteiger partial charge in [0, 0.05) is 10.8 Å². The minimum absolute atomic E-state index is 0.181. The fourth-order valence-corrected chi connectivity index (χ4v) is 6.44. The van der Waals surface area contributed by atoms with E-state index in [1.165, 1.54) is 50.1 Å². The lowest BCUT2D eigenvalue weighted by molar-refractivity contribution is 0.320. The lowest BCUT2D eigenvalue weighted by atomic mass is 9.63. The van der Waals surface area contributed by atoms with Crippen LogP contribution in [-0.2, 0) is 6.42 Å². The van der Waals surface area contributed by atoms with E-state index in [9.17, 15) is 4.79 Å². The summed E-state index contributed by atoms with van der Waals surface area (Å²) in [6.07, 6.45) is 4.19. The van der Waals surface area contributed by atoms with Gasteiger partial charge < -0.3 is 4.42 Å². The van der Waals surface area contributed by atoms with Crippen molar-refractivity contribution in [3.63, 3.8) is 0 Å². The van der Waals surface area contributed by atoms with Crippen molar-refractivity contribution in [1.82, 2.24) is 0 Å². The Labute approximate surface area is 192 Å². The van der Waals surface area contributed by atoms with Gasteiger partial charge in [-0.25, -0.2) is 4.79 Å². The molecule has 0 radical (unpaired) electrons. The summed E-state index contributed by atoms with van der Waals surface area (Å²) in [5.74, 6) is 0. The van der Waals surface area contributed by atoms with Crippen molar-refractivity contribution in [2.75, 3.05) is 0 Å². The maximum Gasteiger partial charge on any atom is 0.344 e. The van der Waals surface area contributed by atoms with Crippen molar-refractivity contribution in [2.45, 2.75) is 94.9 Å². The van der Waals surface area contributed by atoms with Crippen LogP contribution in [0.4, 0.5) is 0 Å². The van der Waals surface area contributed by atoms with E-state index in [0.717, 1.165) is 53.0 Å². The van der Waals surface area contributed by atoms with Crippen LogP contribution in [0.15, 0.2) is 14.8 Å². The Hall–Kier alpha value is -2.35. The largest absolute Gasteiger partial charge is 0.422 e. The Bertz CT molecular complexity index is 1370. The van der Waals surface area contributed by atoms with Crippen molar-refractivity contribution in [3.05, 3.63) is 60.5 Å². The molecule has 1 heterocycles. The topological polar surface area (TPSA) is 30.2 Å². The third-order valence-corrected chi connectivity index (χ3v) is 9.24. The van der Waals surface area contributed by atoms with Crippen LogP contribution in [0.3, 0.4) is 0 Å². The summed E-state index contributed by atoms with van der Waals surface area (Å²) in [5, 5.41) is 3.04. The van der Waals surface area contributed by atoms with Crippen molar-refractivity contribution in [1.29, 1.82) is 0 Å². The van der Waals surface area contributed by atoms with Crippen LogP contribution in [-0.4, -0.2) is 0 Å². The molecule has 0 saturated heterocycles. The summed E-state index contributed by atoms with van der Waals surface area (Å²) in [7, 11) is 0. The van der Waals surface area contributed by atoms with Gasteiger partial charge in [0.2, 0.25) is 0 Å². The molecular weight excluding hydrogens is 392 g/mol. The Balaban J connectivity index is 2.34. The highest BCUT2D eigenvalue weighted by Gasteiger charge is 2.38. The summed E-state index contributed by atoms with van der Waals surface area (Å²) in [4.78, 5) is 13.7. The van der Waals surface area contributed by atoms with Crippen LogP contribution in [0.25, 0.3) is 27.3 Å². The third-order valence-electron chi connectivity index (χ3n) is 9.24. The van der Waals surface area contributed by atoms with Gasteiger partial charge in [-0.2, -0.15) is 0 Å². The Morgan fingerprint density at radius 1 is 0.719 bits per heavy atom. The molecule has 2 heteroatoms. The van der Waals surface area contributed by atoms with Crippen molar-refractivity contribution < 1.29 is 4.42 Å². The van der Waals surface area contributed by atoms with E-state index in [-0.39, 0.29) is 11.0 Å². The molecular formula is C30H38O2. The average molecular weight is 431 g/mol. The fraction of sp³-hybridized carbons (Fsp3) is 0.500. The molecule has 4 rings (SSSR count). The van der Waals surface area contributed by atoms with E-state index in [2.05, 4.69) is 69.2 Å². The van der Waals surface area contributed by atoms with E-state index in [1.807, 2.05) is 0 Å². The molecule has 1 aliphatic carbocycles. The lowest BCUT2D eigenvalue weighted by Crippen LogP contribution is -2.30. The van der Waals surface area contributed by atoms with Gasteiger partial charge in [-0.3, -0.25) is 0 Å². The van der Waals surface area contributed by atoms with Crippen molar-refractivity contribution in [2.24, 2.45) is 5.41 Å². The highest BCUT2D eigenvalue weighted by Crippen LogP contribution is 2.51. The molecule has 2 nitrogen and oxygen atoms in total. The minimum Gasteiger partial charge on any atom is -0.422 e. The number of hydrogen-bond donors (Lipinski definition) is 0. The van der Waals surface area contributed by atoms with E-state index in [1.54, 1.807) is 0 Å². The quantitative estimate of drug-likeness (QED) is 0.309. The molecule has 1 aliphatic rings. The predicted octanol–water partition coefficient (Wildman–Crippen LogP) is 8.34. The number of aryl methyl sites for hydroxylation is 3. The number of benzene rings is 2. The van der Waals surface area contributed by atoms with E-state index >= 15 is 0 Å². The zero-order chi connectivity index (χ0) is 23.7. The monoisotopic (exact) mass is 430 g/mol. The maximum atomic E-state index is 13.7. The molecule has 1 aromatic heterocycles. The Kier molecular flexibility index (Phi) is 5.43. The summed E-state index contributed by atoms with van der Waals surface area (Å²) in [6.45, 7) is 22.2. The first-order valence-corrected chi connectivity index (χ1v) is 12.3. The van der Waals surface area contributed by atoms with E-state index < -0.39 is 0 Å². The Morgan fingerprint density at radius 2 is 1.28 bits per heavy atom. The minimum atomic E-state index is -0.183. The Morgan fingerprint density at radius 3 is 1.84 bits per heavy atom. The SMILES string of the molecule is CCC1=C(C)C(CC)(CC)Cc2c(C)c(C)c3c(c21)c(=O)oc1c(C)c(C)c(C)c(C)c13. The van der Waals surface area contributed by atoms with Gasteiger partial charge in [-0.1, -0.05) is 26.3 Å². The van der Waals surface area contributed by atoms with Gasteiger partial charge in [-0.15, -0.1) is 0 Å². The molecule has 0 bridgehead atoms. The second kappa shape index (κ2) is 7.61. The molecule has 0 fully saturated rings. The summed E-state index contributed by atoms with van der Waals surface area (Å²) in [6, 6.07) is 0.